The van der Waals surface area contributed by atoms with Gasteiger partial charge in [0.25, 0.3) is 5.91 Å². The Morgan fingerprint density at radius 3 is 2.60 bits per heavy atom. The van der Waals surface area contributed by atoms with Gasteiger partial charge in [-0.3, -0.25) is 4.79 Å². The van der Waals surface area contributed by atoms with Crippen LogP contribution in [0.15, 0.2) is 15.6 Å². The lowest BCUT2D eigenvalue weighted by molar-refractivity contribution is 0.0941. The van der Waals surface area contributed by atoms with Gasteiger partial charge in [-0.15, -0.1) is 0 Å². The molecule has 1 saturated heterocycles. The van der Waals surface area contributed by atoms with Gasteiger partial charge in [-0.1, -0.05) is 5.16 Å². The maximum atomic E-state index is 13.2. The number of nitrogens with one attached hydrogen (secondary N) is 1. The summed E-state index contributed by atoms with van der Waals surface area (Å²) in [7, 11) is -0.123. The van der Waals surface area contributed by atoms with Crippen molar-refractivity contribution in [2.24, 2.45) is 0 Å². The molecule has 0 bridgehead atoms. The first kappa shape index (κ1) is 22.2. The molecule has 1 amide bonds. The van der Waals surface area contributed by atoms with Crippen LogP contribution < -0.4 is 10.2 Å². The fourth-order valence-electron chi connectivity index (χ4n) is 3.57. The molecule has 1 aliphatic rings. The standard InChI is InChI=1S/C19H28N6O4S/c1-11(2)21-18(26)15-9-20-19(24(5)6)22-16(15)14-7-8-25(10-14)30(27,28)17-12(3)23-29-13(17)4/h9,11,14H,7-8,10H2,1-6H3,(H,21,26). The van der Waals surface area contributed by atoms with Gasteiger partial charge in [0, 0.05) is 45.3 Å². The fourth-order valence-corrected chi connectivity index (χ4v) is 5.36. The van der Waals surface area contributed by atoms with Crippen LogP contribution in [0.3, 0.4) is 0 Å². The molecular weight excluding hydrogens is 408 g/mol. The van der Waals surface area contributed by atoms with Crippen molar-refractivity contribution in [1.29, 1.82) is 0 Å². The molecule has 2 aromatic heterocycles. The topological polar surface area (TPSA) is 122 Å². The highest BCUT2D eigenvalue weighted by molar-refractivity contribution is 7.89. The molecule has 1 fully saturated rings. The van der Waals surface area contributed by atoms with Crippen molar-refractivity contribution in [2.45, 2.75) is 51.0 Å². The second-order valence-electron chi connectivity index (χ2n) is 7.99. The van der Waals surface area contributed by atoms with Crippen LogP contribution in [-0.4, -0.2) is 67.0 Å². The Bertz CT molecular complexity index is 1030. The third kappa shape index (κ3) is 4.17. The second kappa shape index (κ2) is 8.31. The molecule has 1 aliphatic heterocycles. The highest BCUT2D eigenvalue weighted by Crippen LogP contribution is 2.34. The Morgan fingerprint density at radius 1 is 1.33 bits per heavy atom. The van der Waals surface area contributed by atoms with Gasteiger partial charge in [-0.05, 0) is 34.1 Å². The van der Waals surface area contributed by atoms with Crippen LogP contribution in [0.25, 0.3) is 0 Å². The third-order valence-corrected chi connectivity index (χ3v) is 7.08. The van der Waals surface area contributed by atoms with E-state index in [0.717, 1.165) is 0 Å². The zero-order valence-corrected chi connectivity index (χ0v) is 18.9. The zero-order chi connectivity index (χ0) is 22.2. The average Bonchev–Trinajstić information content (AvgIpc) is 3.28. The summed E-state index contributed by atoms with van der Waals surface area (Å²) in [6, 6.07) is -0.0427. The van der Waals surface area contributed by atoms with Crippen LogP contribution in [-0.2, 0) is 10.0 Å². The van der Waals surface area contributed by atoms with Crippen LogP contribution in [0, 0.1) is 13.8 Å². The van der Waals surface area contributed by atoms with Crippen molar-refractivity contribution in [1.82, 2.24) is 24.7 Å². The Kier molecular flexibility index (Phi) is 6.14. The van der Waals surface area contributed by atoms with Crippen molar-refractivity contribution >= 4 is 21.9 Å². The van der Waals surface area contributed by atoms with E-state index in [-0.39, 0.29) is 35.1 Å². The lowest BCUT2D eigenvalue weighted by Gasteiger charge is -2.19. The molecule has 3 rings (SSSR count). The molecule has 0 spiro atoms. The number of hydrogen-bond donors (Lipinski definition) is 1. The number of amides is 1. The van der Waals surface area contributed by atoms with E-state index in [9.17, 15) is 13.2 Å². The molecular formula is C19H28N6O4S. The molecule has 3 heterocycles. The number of aromatic nitrogens is 3. The van der Waals surface area contributed by atoms with E-state index in [0.29, 0.717) is 35.9 Å². The van der Waals surface area contributed by atoms with Crippen molar-refractivity contribution in [2.75, 3.05) is 32.1 Å². The Labute approximate surface area is 176 Å². The van der Waals surface area contributed by atoms with Crippen molar-refractivity contribution in [3.05, 3.63) is 28.9 Å². The Hall–Kier alpha value is -2.53. The first-order valence-electron chi connectivity index (χ1n) is 9.80. The summed E-state index contributed by atoms with van der Waals surface area (Å²) in [5.41, 5.74) is 1.27. The maximum absolute atomic E-state index is 13.2. The molecule has 1 unspecified atom stereocenters. The van der Waals surface area contributed by atoms with E-state index in [2.05, 4.69) is 20.4 Å². The van der Waals surface area contributed by atoms with Gasteiger partial charge in [0.1, 0.15) is 10.6 Å². The summed E-state index contributed by atoms with van der Waals surface area (Å²) in [6.07, 6.45) is 2.06. The fraction of sp³-hybridized carbons (Fsp3) is 0.579. The van der Waals surface area contributed by atoms with Gasteiger partial charge in [0.2, 0.25) is 16.0 Å². The predicted octanol–water partition coefficient (Wildman–Crippen LogP) is 1.46. The van der Waals surface area contributed by atoms with Gasteiger partial charge < -0.3 is 14.7 Å². The lowest BCUT2D eigenvalue weighted by Crippen LogP contribution is -2.32. The Balaban J connectivity index is 1.95. The highest BCUT2D eigenvalue weighted by Gasteiger charge is 2.38. The number of aryl methyl sites for hydroxylation is 2. The molecule has 1 N–H and O–H groups in total. The molecule has 0 radical (unpaired) electrons. The number of rotatable bonds is 6. The molecule has 2 aromatic rings. The van der Waals surface area contributed by atoms with Crippen molar-refractivity contribution in [3.8, 4) is 0 Å². The summed E-state index contributed by atoms with van der Waals surface area (Å²) in [5, 5.41) is 6.63. The number of carbonyl (C=O) groups excluding carboxylic acids is 1. The molecule has 0 aromatic carbocycles. The molecule has 10 nitrogen and oxygen atoms in total. The summed E-state index contributed by atoms with van der Waals surface area (Å²) < 4.78 is 32.8. The summed E-state index contributed by atoms with van der Waals surface area (Å²) in [4.78, 5) is 23.4. The molecule has 11 heteroatoms. The van der Waals surface area contributed by atoms with E-state index < -0.39 is 10.0 Å². The Morgan fingerprint density at radius 2 is 2.03 bits per heavy atom. The largest absolute Gasteiger partial charge is 0.360 e. The van der Waals surface area contributed by atoms with Gasteiger partial charge in [-0.2, -0.15) is 4.31 Å². The lowest BCUT2D eigenvalue weighted by atomic mass is 9.99. The van der Waals surface area contributed by atoms with Crippen LogP contribution in [0.1, 0.15) is 53.7 Å². The third-order valence-electron chi connectivity index (χ3n) is 4.97. The van der Waals surface area contributed by atoms with Crippen molar-refractivity contribution < 1.29 is 17.7 Å². The number of carbonyl (C=O) groups is 1. The maximum Gasteiger partial charge on any atom is 0.254 e. The summed E-state index contributed by atoms with van der Waals surface area (Å²) in [6.45, 7) is 7.49. The SMILES string of the molecule is Cc1noc(C)c1S(=O)(=O)N1CCC(c2nc(N(C)C)ncc2C(=O)NC(C)C)C1. The van der Waals surface area contributed by atoms with E-state index in [4.69, 9.17) is 4.52 Å². The first-order chi connectivity index (χ1) is 14.0. The predicted molar refractivity (Wildman–Crippen MR) is 111 cm³/mol. The van der Waals surface area contributed by atoms with Gasteiger partial charge in [0.15, 0.2) is 5.76 Å². The molecule has 0 aliphatic carbocycles. The van der Waals surface area contributed by atoms with E-state index in [1.165, 1.54) is 10.5 Å². The van der Waals surface area contributed by atoms with E-state index in [1.54, 1.807) is 18.7 Å². The van der Waals surface area contributed by atoms with Gasteiger partial charge in [-0.25, -0.2) is 18.4 Å². The molecule has 1 atom stereocenters. The second-order valence-corrected chi connectivity index (χ2v) is 9.87. The summed E-state index contributed by atoms with van der Waals surface area (Å²) >= 11 is 0. The number of anilines is 1. The quantitative estimate of drug-likeness (QED) is 0.722. The van der Waals surface area contributed by atoms with Crippen LogP contribution in [0.4, 0.5) is 5.95 Å². The van der Waals surface area contributed by atoms with Crippen LogP contribution >= 0.6 is 0 Å². The normalized spacial score (nSPS) is 17.5. The summed E-state index contributed by atoms with van der Waals surface area (Å²) in [5.74, 6) is 0.246. The molecule has 0 saturated carbocycles. The minimum atomic E-state index is -3.75. The van der Waals surface area contributed by atoms with Crippen LogP contribution in [0.2, 0.25) is 0 Å². The number of hydrogen-bond acceptors (Lipinski definition) is 8. The minimum Gasteiger partial charge on any atom is -0.360 e. The number of nitrogens with zero attached hydrogens (tertiary/aromatic N) is 5. The van der Waals surface area contributed by atoms with Crippen molar-refractivity contribution in [3.63, 3.8) is 0 Å². The first-order valence-corrected chi connectivity index (χ1v) is 11.2. The molecule has 164 valence electrons. The molecule has 30 heavy (non-hydrogen) atoms. The zero-order valence-electron chi connectivity index (χ0n) is 18.1. The number of sulfonamides is 1. The average molecular weight is 437 g/mol. The van der Waals surface area contributed by atoms with Gasteiger partial charge in [0.05, 0.1) is 11.3 Å². The van der Waals surface area contributed by atoms with Gasteiger partial charge >= 0.3 is 0 Å². The van der Waals surface area contributed by atoms with E-state index >= 15 is 0 Å². The minimum absolute atomic E-state index is 0.0427. The smallest absolute Gasteiger partial charge is 0.254 e. The monoisotopic (exact) mass is 436 g/mol. The highest BCUT2D eigenvalue weighted by atomic mass is 32.2. The van der Waals surface area contributed by atoms with Crippen LogP contribution in [0.5, 0.6) is 0 Å². The van der Waals surface area contributed by atoms with E-state index in [1.807, 2.05) is 27.9 Å².